The summed E-state index contributed by atoms with van der Waals surface area (Å²) >= 11 is 3.01. The second-order valence-electron chi connectivity index (χ2n) is 2.81. The number of hydrogen-bond acceptors (Lipinski definition) is 4. The molecule has 0 N–H and O–H groups in total. The molecular weight excluding hydrogens is 259 g/mol. The van der Waals surface area contributed by atoms with Crippen LogP contribution in [0, 0.1) is 0 Å². The van der Waals surface area contributed by atoms with Gasteiger partial charge in [-0.1, -0.05) is 0 Å². The molecular formula is C9H13AsN2OS. The van der Waals surface area contributed by atoms with E-state index in [1.165, 1.54) is 29.7 Å². The number of aldehydes is 1. The number of thioether (sulfide) groups is 1. The van der Waals surface area contributed by atoms with E-state index in [2.05, 4.69) is 16.9 Å². The van der Waals surface area contributed by atoms with Crippen molar-refractivity contribution in [3.05, 3.63) is 11.8 Å². The summed E-state index contributed by atoms with van der Waals surface area (Å²) in [4.78, 5) is 18.9. The summed E-state index contributed by atoms with van der Waals surface area (Å²) in [5.74, 6) is 1.05. The average Bonchev–Trinajstić information content (AvgIpc) is 2.18. The molecule has 1 aromatic heterocycles. The van der Waals surface area contributed by atoms with E-state index in [9.17, 15) is 4.79 Å². The minimum absolute atomic E-state index is 0.602. The van der Waals surface area contributed by atoms with Gasteiger partial charge in [-0.25, -0.2) is 0 Å². The van der Waals surface area contributed by atoms with Crippen molar-refractivity contribution >= 4 is 39.4 Å². The van der Waals surface area contributed by atoms with Crippen molar-refractivity contribution in [2.45, 2.75) is 24.9 Å². The van der Waals surface area contributed by atoms with Crippen molar-refractivity contribution in [3.63, 3.8) is 0 Å². The zero-order valence-electron chi connectivity index (χ0n) is 8.06. The third kappa shape index (κ3) is 3.43. The molecule has 1 aromatic rings. The third-order valence-corrected chi connectivity index (χ3v) is 3.60. The van der Waals surface area contributed by atoms with Gasteiger partial charge in [0.15, 0.2) is 0 Å². The number of nitrogens with zero attached hydrogens (tertiary/aromatic N) is 2. The molecule has 1 heterocycles. The summed E-state index contributed by atoms with van der Waals surface area (Å²) in [6.07, 6.45) is 4.76. The minimum atomic E-state index is 0.602. The fourth-order valence-corrected chi connectivity index (χ4v) is 2.51. The molecule has 76 valence electrons. The Morgan fingerprint density at radius 3 is 3.00 bits per heavy atom. The van der Waals surface area contributed by atoms with Gasteiger partial charge in [-0.05, 0) is 0 Å². The molecule has 0 aliphatic rings. The number of carbonyl (C=O) groups is 1. The Morgan fingerprint density at radius 1 is 1.64 bits per heavy atom. The van der Waals surface area contributed by atoms with Gasteiger partial charge in [0.2, 0.25) is 0 Å². The van der Waals surface area contributed by atoms with Gasteiger partial charge in [0.1, 0.15) is 0 Å². The zero-order valence-corrected chi connectivity index (χ0v) is 11.3. The van der Waals surface area contributed by atoms with Crippen LogP contribution in [0.25, 0.3) is 0 Å². The quantitative estimate of drug-likeness (QED) is 0.256. The number of unbranched alkanes of at least 4 members (excludes halogenated alkanes) is 1. The standard InChI is InChI=1S/C9H13AsN2OS/c1-2-3-4-14-9-11-5-7(6-13)8(10)12-9/h5-6H,2-4,10H2,1H3. The van der Waals surface area contributed by atoms with Crippen molar-refractivity contribution in [3.8, 4) is 0 Å². The number of rotatable bonds is 5. The molecule has 0 amide bonds. The average molecular weight is 272 g/mol. The Labute approximate surface area is 96.6 Å². The molecule has 0 aromatic carbocycles. The van der Waals surface area contributed by atoms with Gasteiger partial charge >= 0.3 is 96.6 Å². The Kier molecular flexibility index (Phi) is 5.20. The first kappa shape index (κ1) is 11.7. The maximum atomic E-state index is 10.5. The molecule has 0 bridgehead atoms. The molecule has 1 unspecified atom stereocenters. The van der Waals surface area contributed by atoms with Crippen LogP contribution in [0.3, 0.4) is 0 Å². The topological polar surface area (TPSA) is 42.9 Å². The fraction of sp³-hybridized carbons (Fsp3) is 0.444. The monoisotopic (exact) mass is 272 g/mol. The molecule has 0 saturated heterocycles. The van der Waals surface area contributed by atoms with E-state index >= 15 is 0 Å². The third-order valence-electron chi connectivity index (χ3n) is 1.68. The van der Waals surface area contributed by atoms with E-state index in [0.717, 1.165) is 21.7 Å². The number of hydrogen-bond donors (Lipinski definition) is 0. The number of aromatic nitrogens is 2. The summed E-state index contributed by atoms with van der Waals surface area (Å²) in [6, 6.07) is 0. The van der Waals surface area contributed by atoms with Crippen LogP contribution >= 0.6 is 11.8 Å². The molecule has 0 aliphatic heterocycles. The van der Waals surface area contributed by atoms with Gasteiger partial charge in [-0.15, -0.1) is 0 Å². The first-order valence-corrected chi connectivity index (χ1v) is 6.68. The van der Waals surface area contributed by atoms with Crippen molar-refractivity contribution < 1.29 is 4.79 Å². The van der Waals surface area contributed by atoms with Crippen LogP contribution in [0.5, 0.6) is 0 Å². The molecule has 1 atom stereocenters. The molecule has 14 heavy (non-hydrogen) atoms. The predicted octanol–water partition coefficient (Wildman–Crippen LogP) is 0.440. The molecule has 0 aliphatic carbocycles. The van der Waals surface area contributed by atoms with Crippen LogP contribution in [0.2, 0.25) is 0 Å². The molecule has 1 rings (SSSR count). The normalized spacial score (nSPS) is 10.1. The molecule has 5 heteroatoms. The summed E-state index contributed by atoms with van der Waals surface area (Å²) < 4.78 is 0.821. The number of carbonyl (C=O) groups excluding carboxylic acids is 1. The molecule has 3 nitrogen and oxygen atoms in total. The zero-order chi connectivity index (χ0) is 10.4. The van der Waals surface area contributed by atoms with Gasteiger partial charge in [0.25, 0.3) is 0 Å². The Bertz CT molecular complexity index is 320. The Hall–Kier alpha value is -0.342. The van der Waals surface area contributed by atoms with Crippen LogP contribution in [0.1, 0.15) is 30.1 Å². The van der Waals surface area contributed by atoms with Crippen molar-refractivity contribution in [1.82, 2.24) is 9.97 Å². The molecule has 0 spiro atoms. The van der Waals surface area contributed by atoms with Gasteiger partial charge < -0.3 is 0 Å². The fourth-order valence-electron chi connectivity index (χ4n) is 0.855. The second-order valence-corrected chi connectivity index (χ2v) is 5.02. The van der Waals surface area contributed by atoms with Crippen LogP contribution in [-0.2, 0) is 0 Å². The van der Waals surface area contributed by atoms with Gasteiger partial charge in [-0.2, -0.15) is 0 Å². The first-order valence-electron chi connectivity index (χ1n) is 4.48. The van der Waals surface area contributed by atoms with Crippen LogP contribution < -0.4 is 4.48 Å². The molecule has 0 radical (unpaired) electrons. The predicted molar refractivity (Wildman–Crippen MR) is 61.2 cm³/mol. The van der Waals surface area contributed by atoms with Crippen LogP contribution in [0.4, 0.5) is 0 Å². The van der Waals surface area contributed by atoms with Crippen LogP contribution in [-0.4, -0.2) is 38.9 Å². The van der Waals surface area contributed by atoms with E-state index in [1.54, 1.807) is 18.0 Å². The maximum absolute atomic E-state index is 10.5. The van der Waals surface area contributed by atoms with Gasteiger partial charge in [0.05, 0.1) is 0 Å². The SMILES string of the molecule is CCCCSc1ncc(C=O)c([AsH2])n1. The summed E-state index contributed by atoms with van der Waals surface area (Å²) in [5.41, 5.74) is 0.602. The van der Waals surface area contributed by atoms with E-state index in [0.29, 0.717) is 5.56 Å². The van der Waals surface area contributed by atoms with E-state index in [-0.39, 0.29) is 0 Å². The van der Waals surface area contributed by atoms with Crippen molar-refractivity contribution in [2.75, 3.05) is 5.75 Å². The first-order chi connectivity index (χ1) is 6.77. The van der Waals surface area contributed by atoms with E-state index in [4.69, 9.17) is 0 Å². The van der Waals surface area contributed by atoms with Crippen LogP contribution in [0.15, 0.2) is 11.4 Å². The summed E-state index contributed by atoms with van der Waals surface area (Å²) in [7, 11) is 0. The van der Waals surface area contributed by atoms with Gasteiger partial charge in [0, 0.05) is 0 Å². The molecule has 0 saturated carbocycles. The second kappa shape index (κ2) is 6.20. The van der Waals surface area contributed by atoms with E-state index < -0.39 is 0 Å². The summed E-state index contributed by atoms with van der Waals surface area (Å²) in [6.45, 7) is 2.16. The van der Waals surface area contributed by atoms with Crippen molar-refractivity contribution in [1.29, 1.82) is 0 Å². The molecule has 0 fully saturated rings. The summed E-state index contributed by atoms with van der Waals surface area (Å²) in [5, 5.41) is 0.781. The van der Waals surface area contributed by atoms with Gasteiger partial charge in [-0.3, -0.25) is 0 Å². The van der Waals surface area contributed by atoms with Crippen molar-refractivity contribution in [2.24, 2.45) is 0 Å². The Morgan fingerprint density at radius 2 is 2.43 bits per heavy atom. The van der Waals surface area contributed by atoms with E-state index in [1.807, 2.05) is 0 Å². The Balaban J connectivity index is 2.62.